The Hall–Kier alpha value is -2.77. The number of Topliss-reactive ketones (excluding diaryl/α,β-unsaturated/α-hetero) is 1. The van der Waals surface area contributed by atoms with E-state index in [-0.39, 0.29) is 36.5 Å². The molecule has 1 amide bonds. The Labute approximate surface area is 170 Å². The molecule has 1 aromatic carbocycles. The highest BCUT2D eigenvalue weighted by Gasteiger charge is 2.44. The maximum atomic E-state index is 12.1. The van der Waals surface area contributed by atoms with Crippen LogP contribution in [0.5, 0.6) is 0 Å². The number of rotatable bonds is 7. The van der Waals surface area contributed by atoms with Gasteiger partial charge in [0.05, 0.1) is 6.42 Å². The third-order valence-electron chi connectivity index (χ3n) is 5.33. The van der Waals surface area contributed by atoms with Gasteiger partial charge in [-0.15, -0.1) is 0 Å². The van der Waals surface area contributed by atoms with Gasteiger partial charge in [0, 0.05) is 28.9 Å². The summed E-state index contributed by atoms with van der Waals surface area (Å²) in [5.74, 6) is -2.72. The van der Waals surface area contributed by atoms with Crippen molar-refractivity contribution in [1.29, 1.82) is 0 Å². The number of anilines is 1. The number of nitro groups is 1. The van der Waals surface area contributed by atoms with Crippen molar-refractivity contribution in [2.24, 2.45) is 17.8 Å². The first-order chi connectivity index (χ1) is 13.5. The highest BCUT2D eigenvalue weighted by molar-refractivity contribution is 5.93. The van der Waals surface area contributed by atoms with Crippen molar-refractivity contribution in [3.63, 3.8) is 0 Å². The van der Waals surface area contributed by atoms with Gasteiger partial charge < -0.3 is 10.1 Å². The maximum Gasteiger partial charge on any atom is 0.307 e. The van der Waals surface area contributed by atoms with Crippen LogP contribution in [0.2, 0.25) is 0 Å². The van der Waals surface area contributed by atoms with Crippen molar-refractivity contribution in [1.82, 2.24) is 0 Å². The molecule has 1 saturated carbocycles. The number of hydrogen-bond acceptors (Lipinski definition) is 6. The van der Waals surface area contributed by atoms with Gasteiger partial charge in [-0.2, -0.15) is 0 Å². The maximum absolute atomic E-state index is 12.1. The molecule has 1 N–H and O–H groups in total. The van der Waals surface area contributed by atoms with E-state index in [4.69, 9.17) is 4.74 Å². The molecule has 8 heteroatoms. The summed E-state index contributed by atoms with van der Waals surface area (Å²) in [6.07, 6.45) is -0.0171. The normalized spacial score (nSPS) is 21.7. The third-order valence-corrected chi connectivity index (χ3v) is 5.33. The Morgan fingerprint density at radius 3 is 2.41 bits per heavy atom. The summed E-state index contributed by atoms with van der Waals surface area (Å²) in [5.41, 5.74) is 1.71. The molecule has 8 nitrogen and oxygen atoms in total. The lowest BCUT2D eigenvalue weighted by atomic mass is 9.87. The van der Waals surface area contributed by atoms with Crippen LogP contribution in [0.3, 0.4) is 0 Å². The van der Waals surface area contributed by atoms with E-state index in [1.807, 2.05) is 12.1 Å². The molecule has 0 heterocycles. The molecule has 0 aliphatic heterocycles. The molecular formula is C21H28N2O6. The van der Waals surface area contributed by atoms with Gasteiger partial charge in [0.1, 0.15) is 5.78 Å². The number of amides is 1. The molecule has 158 valence electrons. The van der Waals surface area contributed by atoms with E-state index < -0.39 is 35.2 Å². The molecule has 0 radical (unpaired) electrons. The zero-order valence-corrected chi connectivity index (χ0v) is 17.3. The van der Waals surface area contributed by atoms with E-state index in [0.717, 1.165) is 5.56 Å². The topological polar surface area (TPSA) is 116 Å². The van der Waals surface area contributed by atoms with Gasteiger partial charge in [-0.3, -0.25) is 24.5 Å². The standard InChI is InChI=1S/C21H28N2O6/c1-13-9-18(24)16(17(13)11-23(27)28)10-20(26)29-12-19(25)22-15-7-5-14(6-8-15)21(2,3)4/h5-8,13,16-17H,9-12H2,1-4H3,(H,22,25)/t13-,16+,17-/m1/s1. The Kier molecular flexibility index (Phi) is 7.11. The summed E-state index contributed by atoms with van der Waals surface area (Å²) >= 11 is 0. The number of benzene rings is 1. The number of carbonyl (C=O) groups excluding carboxylic acids is 3. The van der Waals surface area contributed by atoms with Crippen LogP contribution in [-0.2, 0) is 24.5 Å². The van der Waals surface area contributed by atoms with Crippen molar-refractivity contribution in [2.75, 3.05) is 18.5 Å². The minimum absolute atomic E-state index is 0.000304. The second kappa shape index (κ2) is 9.15. The SMILES string of the molecule is C[C@@H]1CC(=O)[C@@H](CC(=O)OCC(=O)Nc2ccc(C(C)(C)C)cc2)[C@@H]1C[N+](=O)[O-]. The zero-order valence-electron chi connectivity index (χ0n) is 17.3. The molecule has 1 fully saturated rings. The van der Waals surface area contributed by atoms with Gasteiger partial charge >= 0.3 is 5.97 Å². The third kappa shape index (κ3) is 6.37. The molecule has 0 saturated heterocycles. The first kappa shape index (κ1) is 22.5. The molecule has 0 spiro atoms. The molecular weight excluding hydrogens is 376 g/mol. The smallest absolute Gasteiger partial charge is 0.307 e. The van der Waals surface area contributed by atoms with Crippen LogP contribution in [0.1, 0.15) is 46.1 Å². The Morgan fingerprint density at radius 1 is 1.24 bits per heavy atom. The number of carbonyl (C=O) groups is 3. The fraction of sp³-hybridized carbons (Fsp3) is 0.571. The van der Waals surface area contributed by atoms with Crippen LogP contribution < -0.4 is 5.32 Å². The number of ether oxygens (including phenoxy) is 1. The van der Waals surface area contributed by atoms with E-state index in [2.05, 4.69) is 26.1 Å². The van der Waals surface area contributed by atoms with Crippen molar-refractivity contribution in [2.45, 2.75) is 46.0 Å². The highest BCUT2D eigenvalue weighted by atomic mass is 16.6. The van der Waals surface area contributed by atoms with Crippen LogP contribution in [0.4, 0.5) is 5.69 Å². The molecule has 1 aromatic rings. The molecule has 2 rings (SSSR count). The Morgan fingerprint density at radius 2 is 1.86 bits per heavy atom. The van der Waals surface area contributed by atoms with Crippen molar-refractivity contribution >= 4 is 23.3 Å². The summed E-state index contributed by atoms with van der Waals surface area (Å²) in [5, 5.41) is 13.5. The van der Waals surface area contributed by atoms with Crippen LogP contribution in [-0.4, -0.2) is 35.7 Å². The van der Waals surface area contributed by atoms with Gasteiger partial charge in [-0.25, -0.2) is 0 Å². The highest BCUT2D eigenvalue weighted by Crippen LogP contribution is 2.36. The lowest BCUT2D eigenvalue weighted by molar-refractivity contribution is -0.490. The first-order valence-electron chi connectivity index (χ1n) is 9.68. The van der Waals surface area contributed by atoms with Crippen molar-refractivity contribution < 1.29 is 24.0 Å². The van der Waals surface area contributed by atoms with Gasteiger partial charge in [-0.1, -0.05) is 39.8 Å². The minimum Gasteiger partial charge on any atom is -0.456 e. The fourth-order valence-electron chi connectivity index (χ4n) is 3.64. The van der Waals surface area contributed by atoms with E-state index in [1.165, 1.54) is 0 Å². The van der Waals surface area contributed by atoms with Crippen LogP contribution in [0, 0.1) is 27.9 Å². The second-order valence-corrected chi connectivity index (χ2v) is 8.67. The number of ketones is 1. The number of hydrogen-bond donors (Lipinski definition) is 1. The summed E-state index contributed by atoms with van der Waals surface area (Å²) in [6.45, 7) is 7.21. The number of nitrogens with one attached hydrogen (secondary N) is 1. The van der Waals surface area contributed by atoms with Gasteiger partial charge in [-0.05, 0) is 29.0 Å². The van der Waals surface area contributed by atoms with Crippen molar-refractivity contribution in [3.8, 4) is 0 Å². The molecule has 0 unspecified atom stereocenters. The molecule has 1 aliphatic rings. The summed E-state index contributed by atoms with van der Waals surface area (Å²) in [4.78, 5) is 46.5. The second-order valence-electron chi connectivity index (χ2n) is 8.67. The fourth-order valence-corrected chi connectivity index (χ4v) is 3.64. The van der Waals surface area contributed by atoms with Gasteiger partial charge in [0.15, 0.2) is 6.61 Å². The van der Waals surface area contributed by atoms with Crippen LogP contribution >= 0.6 is 0 Å². The molecule has 3 atom stereocenters. The Bertz CT molecular complexity index is 781. The van der Waals surface area contributed by atoms with Crippen molar-refractivity contribution in [3.05, 3.63) is 39.9 Å². The number of esters is 1. The monoisotopic (exact) mass is 404 g/mol. The van der Waals surface area contributed by atoms with E-state index >= 15 is 0 Å². The predicted molar refractivity (Wildman–Crippen MR) is 107 cm³/mol. The zero-order chi connectivity index (χ0) is 21.8. The molecule has 1 aliphatic carbocycles. The Balaban J connectivity index is 1.84. The quantitative estimate of drug-likeness (QED) is 0.424. The minimum atomic E-state index is -0.726. The van der Waals surface area contributed by atoms with Gasteiger partial charge in [0.2, 0.25) is 6.54 Å². The van der Waals surface area contributed by atoms with Crippen LogP contribution in [0.15, 0.2) is 24.3 Å². The summed E-state index contributed by atoms with van der Waals surface area (Å²) < 4.78 is 4.98. The summed E-state index contributed by atoms with van der Waals surface area (Å²) in [7, 11) is 0. The lowest BCUT2D eigenvalue weighted by Gasteiger charge is -2.19. The van der Waals surface area contributed by atoms with E-state index in [0.29, 0.717) is 5.69 Å². The molecule has 29 heavy (non-hydrogen) atoms. The average Bonchev–Trinajstić information content (AvgIpc) is 2.86. The first-order valence-corrected chi connectivity index (χ1v) is 9.68. The lowest BCUT2D eigenvalue weighted by Crippen LogP contribution is -2.28. The summed E-state index contributed by atoms with van der Waals surface area (Å²) in [6, 6.07) is 7.40. The van der Waals surface area contributed by atoms with E-state index in [9.17, 15) is 24.5 Å². The number of nitrogens with zero attached hydrogens (tertiary/aromatic N) is 1. The molecule has 0 bridgehead atoms. The average molecular weight is 404 g/mol. The van der Waals surface area contributed by atoms with Crippen LogP contribution in [0.25, 0.3) is 0 Å². The largest absolute Gasteiger partial charge is 0.456 e. The van der Waals surface area contributed by atoms with Gasteiger partial charge in [0.25, 0.3) is 5.91 Å². The molecule has 0 aromatic heterocycles. The predicted octanol–water partition coefficient (Wildman–Crippen LogP) is 2.97. The van der Waals surface area contributed by atoms with E-state index in [1.54, 1.807) is 19.1 Å².